The van der Waals surface area contributed by atoms with Gasteiger partial charge >= 0.3 is 0 Å². The fourth-order valence-electron chi connectivity index (χ4n) is 1.75. The molecule has 1 aliphatic rings. The van der Waals surface area contributed by atoms with Crippen LogP contribution < -0.4 is 0 Å². The zero-order valence-electron chi connectivity index (χ0n) is 9.20. The van der Waals surface area contributed by atoms with E-state index in [0.29, 0.717) is 26.3 Å². The van der Waals surface area contributed by atoms with E-state index in [1.165, 1.54) is 0 Å². The molecular weight excluding hydrogens is 317 g/mol. The van der Waals surface area contributed by atoms with Crippen molar-refractivity contribution in [1.29, 1.82) is 0 Å². The van der Waals surface area contributed by atoms with Crippen molar-refractivity contribution in [3.63, 3.8) is 0 Å². The second-order valence-corrected chi connectivity index (χ2v) is 4.92. The molecule has 4 heteroatoms. The Labute approximate surface area is 109 Å². The van der Waals surface area contributed by atoms with Gasteiger partial charge in [0, 0.05) is 16.7 Å². The number of benzene rings is 1. The summed E-state index contributed by atoms with van der Waals surface area (Å²) in [6.45, 7) is 4.71. The molecule has 0 N–H and O–H groups in total. The van der Waals surface area contributed by atoms with E-state index >= 15 is 0 Å². The summed E-state index contributed by atoms with van der Waals surface area (Å²) in [6.07, 6.45) is 0. The van der Waals surface area contributed by atoms with Crippen LogP contribution in [0.3, 0.4) is 0 Å². The highest BCUT2D eigenvalue weighted by atomic mass is 127. The number of nitrogens with zero attached hydrogens (tertiary/aromatic N) is 1. The molecule has 0 bridgehead atoms. The summed E-state index contributed by atoms with van der Waals surface area (Å²) < 4.78 is 6.30. The number of aryl methyl sites for hydroxylation is 1. The van der Waals surface area contributed by atoms with Gasteiger partial charge in [0.15, 0.2) is 0 Å². The molecule has 0 spiro atoms. The lowest BCUT2D eigenvalue weighted by molar-refractivity contribution is 0.0302. The van der Waals surface area contributed by atoms with Crippen LogP contribution in [0.4, 0.5) is 0 Å². The molecule has 0 atom stereocenters. The van der Waals surface area contributed by atoms with Crippen LogP contribution in [0.2, 0.25) is 0 Å². The van der Waals surface area contributed by atoms with Crippen molar-refractivity contribution in [2.24, 2.45) is 0 Å². The molecule has 2 rings (SSSR count). The third-order valence-corrected chi connectivity index (χ3v) is 4.15. The van der Waals surface area contributed by atoms with Crippen molar-refractivity contribution in [2.75, 3.05) is 26.3 Å². The Morgan fingerprint density at radius 3 is 2.75 bits per heavy atom. The van der Waals surface area contributed by atoms with Crippen LogP contribution in [0.15, 0.2) is 18.2 Å². The summed E-state index contributed by atoms with van der Waals surface area (Å²) in [7, 11) is 0. The SMILES string of the molecule is Cc1cccc(C(=O)N2CCOCC2)c1I. The maximum absolute atomic E-state index is 12.2. The van der Waals surface area contributed by atoms with Gasteiger partial charge in [-0.1, -0.05) is 12.1 Å². The lowest BCUT2D eigenvalue weighted by atomic mass is 10.1. The molecule has 0 aliphatic carbocycles. The molecule has 0 aromatic heterocycles. The Bertz CT molecular complexity index is 400. The Kier molecular flexibility index (Phi) is 3.81. The Morgan fingerprint density at radius 1 is 1.38 bits per heavy atom. The number of hydrogen-bond donors (Lipinski definition) is 0. The molecule has 1 aromatic carbocycles. The molecule has 16 heavy (non-hydrogen) atoms. The number of morpholine rings is 1. The van der Waals surface area contributed by atoms with Gasteiger partial charge in [0.05, 0.1) is 18.8 Å². The minimum atomic E-state index is 0.122. The fourth-order valence-corrected chi connectivity index (χ4v) is 2.34. The lowest BCUT2D eigenvalue weighted by Gasteiger charge is -2.27. The van der Waals surface area contributed by atoms with Gasteiger partial charge in [-0.25, -0.2) is 0 Å². The average Bonchev–Trinajstić information content (AvgIpc) is 2.33. The summed E-state index contributed by atoms with van der Waals surface area (Å²) >= 11 is 2.24. The first-order valence-corrected chi connectivity index (χ1v) is 6.40. The number of carbonyl (C=O) groups is 1. The van der Waals surface area contributed by atoms with E-state index in [1.54, 1.807) is 0 Å². The predicted molar refractivity (Wildman–Crippen MR) is 70.6 cm³/mol. The molecule has 1 amide bonds. The van der Waals surface area contributed by atoms with Crippen LogP contribution in [0.25, 0.3) is 0 Å². The van der Waals surface area contributed by atoms with Crippen LogP contribution in [0.1, 0.15) is 15.9 Å². The van der Waals surface area contributed by atoms with E-state index in [2.05, 4.69) is 22.6 Å². The van der Waals surface area contributed by atoms with E-state index in [-0.39, 0.29) is 5.91 Å². The van der Waals surface area contributed by atoms with E-state index in [4.69, 9.17) is 4.74 Å². The molecule has 1 aromatic rings. The normalized spacial score (nSPS) is 16.2. The first kappa shape index (κ1) is 11.9. The van der Waals surface area contributed by atoms with Crippen molar-refractivity contribution < 1.29 is 9.53 Å². The van der Waals surface area contributed by atoms with Gasteiger partial charge in [0.1, 0.15) is 0 Å². The Morgan fingerprint density at radius 2 is 2.06 bits per heavy atom. The van der Waals surface area contributed by atoms with Gasteiger partial charge in [-0.05, 0) is 41.1 Å². The standard InChI is InChI=1S/C12H14INO2/c1-9-3-2-4-10(11(9)13)12(15)14-5-7-16-8-6-14/h2-4H,5-8H2,1H3. The molecule has 1 saturated heterocycles. The quantitative estimate of drug-likeness (QED) is 0.738. The number of carbonyl (C=O) groups excluding carboxylic acids is 1. The maximum Gasteiger partial charge on any atom is 0.255 e. The number of halogens is 1. The highest BCUT2D eigenvalue weighted by Gasteiger charge is 2.20. The first-order chi connectivity index (χ1) is 7.70. The molecular formula is C12H14INO2. The van der Waals surface area contributed by atoms with Gasteiger partial charge in [0.25, 0.3) is 5.91 Å². The molecule has 0 saturated carbocycles. The molecule has 1 fully saturated rings. The zero-order chi connectivity index (χ0) is 11.5. The van der Waals surface area contributed by atoms with Crippen LogP contribution >= 0.6 is 22.6 Å². The summed E-state index contributed by atoms with van der Waals surface area (Å²) in [4.78, 5) is 14.1. The largest absolute Gasteiger partial charge is 0.378 e. The molecule has 1 heterocycles. The van der Waals surface area contributed by atoms with Crippen LogP contribution in [-0.4, -0.2) is 37.1 Å². The van der Waals surface area contributed by atoms with Gasteiger partial charge in [0.2, 0.25) is 0 Å². The smallest absolute Gasteiger partial charge is 0.255 e. The minimum absolute atomic E-state index is 0.122. The Hall–Kier alpha value is -0.620. The van der Waals surface area contributed by atoms with E-state index in [1.807, 2.05) is 30.0 Å². The monoisotopic (exact) mass is 331 g/mol. The number of ether oxygens (including phenoxy) is 1. The summed E-state index contributed by atoms with van der Waals surface area (Å²) in [5.74, 6) is 0.122. The third-order valence-electron chi connectivity index (χ3n) is 2.72. The van der Waals surface area contributed by atoms with Gasteiger partial charge in [-0.3, -0.25) is 4.79 Å². The first-order valence-electron chi connectivity index (χ1n) is 5.32. The van der Waals surface area contributed by atoms with E-state index in [0.717, 1.165) is 14.7 Å². The molecule has 0 radical (unpaired) electrons. The van der Waals surface area contributed by atoms with Gasteiger partial charge in [-0.2, -0.15) is 0 Å². The molecule has 3 nitrogen and oxygen atoms in total. The van der Waals surface area contributed by atoms with Crippen LogP contribution in [0, 0.1) is 10.5 Å². The van der Waals surface area contributed by atoms with Crippen molar-refractivity contribution in [3.8, 4) is 0 Å². The predicted octanol–water partition coefficient (Wildman–Crippen LogP) is 2.07. The van der Waals surface area contributed by atoms with E-state index in [9.17, 15) is 4.79 Å². The van der Waals surface area contributed by atoms with Gasteiger partial charge < -0.3 is 9.64 Å². The van der Waals surface area contributed by atoms with Crippen molar-refractivity contribution in [1.82, 2.24) is 4.90 Å². The highest BCUT2D eigenvalue weighted by molar-refractivity contribution is 14.1. The topological polar surface area (TPSA) is 29.5 Å². The number of rotatable bonds is 1. The number of amides is 1. The van der Waals surface area contributed by atoms with E-state index < -0.39 is 0 Å². The molecule has 86 valence electrons. The van der Waals surface area contributed by atoms with Crippen LogP contribution in [-0.2, 0) is 4.74 Å². The van der Waals surface area contributed by atoms with Crippen molar-refractivity contribution in [3.05, 3.63) is 32.9 Å². The summed E-state index contributed by atoms with van der Waals surface area (Å²) in [5.41, 5.74) is 1.96. The second-order valence-electron chi connectivity index (χ2n) is 3.84. The van der Waals surface area contributed by atoms with Crippen molar-refractivity contribution >= 4 is 28.5 Å². The summed E-state index contributed by atoms with van der Waals surface area (Å²) in [6, 6.07) is 5.86. The van der Waals surface area contributed by atoms with Crippen LogP contribution in [0.5, 0.6) is 0 Å². The fraction of sp³-hybridized carbons (Fsp3) is 0.417. The third kappa shape index (κ3) is 2.38. The maximum atomic E-state index is 12.2. The van der Waals surface area contributed by atoms with Gasteiger partial charge in [-0.15, -0.1) is 0 Å². The second kappa shape index (κ2) is 5.14. The number of hydrogen-bond acceptors (Lipinski definition) is 2. The Balaban J connectivity index is 2.22. The summed E-state index contributed by atoms with van der Waals surface area (Å²) in [5, 5.41) is 0. The lowest BCUT2D eigenvalue weighted by Crippen LogP contribution is -2.41. The average molecular weight is 331 g/mol. The minimum Gasteiger partial charge on any atom is -0.378 e. The molecule has 0 unspecified atom stereocenters. The van der Waals surface area contributed by atoms with Crippen molar-refractivity contribution in [2.45, 2.75) is 6.92 Å². The molecule has 1 aliphatic heterocycles. The zero-order valence-corrected chi connectivity index (χ0v) is 11.4. The highest BCUT2D eigenvalue weighted by Crippen LogP contribution is 2.18.